The number of nitrogens with one attached hydrogen (secondary N) is 2. The van der Waals surface area contributed by atoms with Gasteiger partial charge < -0.3 is 20.1 Å². The maximum atomic E-state index is 12.8. The highest BCUT2D eigenvalue weighted by atomic mass is 16.5. The lowest BCUT2D eigenvalue weighted by Crippen LogP contribution is -2.56. The SMILES string of the molecule is COC(=O)C1(NC(=O)C2CCC(C(=O)NC3(C(=O)OC)CCCC3)CC2)CCCC1. The van der Waals surface area contributed by atoms with Gasteiger partial charge in [0.15, 0.2) is 0 Å². The van der Waals surface area contributed by atoms with E-state index in [4.69, 9.17) is 9.47 Å². The molecule has 3 aliphatic rings. The van der Waals surface area contributed by atoms with Crippen LogP contribution in [-0.4, -0.2) is 49.1 Å². The van der Waals surface area contributed by atoms with Crippen molar-refractivity contribution in [1.82, 2.24) is 10.6 Å². The van der Waals surface area contributed by atoms with E-state index in [1.807, 2.05) is 0 Å². The Morgan fingerprint density at radius 2 is 0.933 bits per heavy atom. The molecular formula is C22H34N2O6. The molecule has 0 aromatic heterocycles. The van der Waals surface area contributed by atoms with Crippen LogP contribution in [0.1, 0.15) is 77.0 Å². The van der Waals surface area contributed by atoms with Gasteiger partial charge in [-0.25, -0.2) is 9.59 Å². The molecule has 0 aromatic rings. The Kier molecular flexibility index (Phi) is 7.03. The topological polar surface area (TPSA) is 111 Å². The first-order chi connectivity index (χ1) is 14.4. The largest absolute Gasteiger partial charge is 0.467 e. The zero-order valence-electron chi connectivity index (χ0n) is 18.1. The van der Waals surface area contributed by atoms with Crippen molar-refractivity contribution in [1.29, 1.82) is 0 Å². The number of rotatable bonds is 6. The Morgan fingerprint density at radius 1 is 0.633 bits per heavy atom. The number of carbonyl (C=O) groups is 4. The monoisotopic (exact) mass is 422 g/mol. The predicted octanol–water partition coefficient (Wildman–Crippen LogP) is 2.00. The summed E-state index contributed by atoms with van der Waals surface area (Å²) in [7, 11) is 2.70. The quantitative estimate of drug-likeness (QED) is 0.634. The molecule has 3 fully saturated rings. The van der Waals surface area contributed by atoms with Gasteiger partial charge in [0.2, 0.25) is 11.8 Å². The van der Waals surface area contributed by atoms with Crippen molar-refractivity contribution in [3.8, 4) is 0 Å². The molecule has 0 bridgehead atoms. The summed E-state index contributed by atoms with van der Waals surface area (Å²) in [5.41, 5.74) is -1.79. The van der Waals surface area contributed by atoms with Gasteiger partial charge in [-0.3, -0.25) is 9.59 Å². The maximum absolute atomic E-state index is 12.8. The molecule has 2 N–H and O–H groups in total. The minimum absolute atomic E-state index is 0.122. The third-order valence-corrected chi connectivity index (χ3v) is 7.26. The van der Waals surface area contributed by atoms with Gasteiger partial charge in [0.1, 0.15) is 11.1 Å². The van der Waals surface area contributed by atoms with Crippen LogP contribution < -0.4 is 10.6 Å². The Balaban J connectivity index is 1.54. The van der Waals surface area contributed by atoms with Gasteiger partial charge in [0, 0.05) is 11.8 Å². The molecule has 0 unspecified atom stereocenters. The minimum atomic E-state index is -0.893. The third kappa shape index (κ3) is 4.47. The molecule has 30 heavy (non-hydrogen) atoms. The molecule has 8 nitrogen and oxygen atoms in total. The molecule has 0 heterocycles. The summed E-state index contributed by atoms with van der Waals surface area (Å²) in [6.45, 7) is 0. The van der Waals surface area contributed by atoms with Gasteiger partial charge in [-0.05, 0) is 51.4 Å². The van der Waals surface area contributed by atoms with Crippen LogP contribution in [0.2, 0.25) is 0 Å². The summed E-state index contributed by atoms with van der Waals surface area (Å²) in [4.78, 5) is 50.2. The molecular weight excluding hydrogens is 388 g/mol. The van der Waals surface area contributed by atoms with Crippen molar-refractivity contribution < 1.29 is 28.7 Å². The summed E-state index contributed by atoms with van der Waals surface area (Å²) >= 11 is 0. The van der Waals surface area contributed by atoms with Gasteiger partial charge in [0.05, 0.1) is 14.2 Å². The second kappa shape index (κ2) is 9.35. The maximum Gasteiger partial charge on any atom is 0.331 e. The molecule has 3 aliphatic carbocycles. The summed E-state index contributed by atoms with van der Waals surface area (Å²) in [6.07, 6.45) is 8.37. The predicted molar refractivity (Wildman–Crippen MR) is 108 cm³/mol. The molecule has 3 rings (SSSR count). The normalized spacial score (nSPS) is 27.1. The highest BCUT2D eigenvalue weighted by molar-refractivity contribution is 5.90. The van der Waals surface area contributed by atoms with Crippen molar-refractivity contribution in [2.24, 2.45) is 11.8 Å². The lowest BCUT2D eigenvalue weighted by molar-refractivity contribution is -0.152. The molecule has 168 valence electrons. The van der Waals surface area contributed by atoms with E-state index in [0.29, 0.717) is 51.4 Å². The number of hydrogen-bond acceptors (Lipinski definition) is 6. The van der Waals surface area contributed by atoms with Gasteiger partial charge in [-0.15, -0.1) is 0 Å². The highest BCUT2D eigenvalue weighted by Gasteiger charge is 2.46. The second-order valence-electron chi connectivity index (χ2n) is 9.09. The van der Waals surface area contributed by atoms with E-state index in [9.17, 15) is 19.2 Å². The van der Waals surface area contributed by atoms with Gasteiger partial charge >= 0.3 is 11.9 Å². The van der Waals surface area contributed by atoms with Crippen LogP contribution in [0, 0.1) is 11.8 Å². The van der Waals surface area contributed by atoms with E-state index < -0.39 is 11.1 Å². The molecule has 0 spiro atoms. The molecule has 0 aliphatic heterocycles. The molecule has 8 heteroatoms. The van der Waals surface area contributed by atoms with E-state index in [1.54, 1.807) is 0 Å². The lowest BCUT2D eigenvalue weighted by Gasteiger charge is -2.34. The van der Waals surface area contributed by atoms with Crippen LogP contribution >= 0.6 is 0 Å². The number of esters is 2. The van der Waals surface area contributed by atoms with E-state index in [2.05, 4.69) is 10.6 Å². The average Bonchev–Trinajstić information content (AvgIpc) is 3.43. The summed E-state index contributed by atoms with van der Waals surface area (Å²) in [6, 6.07) is 0. The van der Waals surface area contributed by atoms with Crippen LogP contribution in [0.4, 0.5) is 0 Å². The number of hydrogen-bond donors (Lipinski definition) is 2. The Morgan fingerprint density at radius 3 is 1.20 bits per heavy atom. The van der Waals surface area contributed by atoms with Crippen LogP contribution in [0.3, 0.4) is 0 Å². The first kappa shape index (κ1) is 22.6. The molecule has 0 atom stereocenters. The summed E-state index contributed by atoms with van der Waals surface area (Å²) in [5.74, 6) is -1.41. The fourth-order valence-electron chi connectivity index (χ4n) is 5.40. The van der Waals surface area contributed by atoms with E-state index in [0.717, 1.165) is 25.7 Å². The standard InChI is InChI=1S/C22H34N2O6/c1-29-19(27)21(11-3-4-12-21)23-17(25)15-7-9-16(10-8-15)18(26)24-22(20(28)30-2)13-5-6-14-22/h15-16H,3-14H2,1-2H3,(H,23,25)(H,24,26). The van der Waals surface area contributed by atoms with Gasteiger partial charge in [-0.1, -0.05) is 25.7 Å². The molecule has 0 aromatic carbocycles. The lowest BCUT2D eigenvalue weighted by atomic mass is 9.80. The van der Waals surface area contributed by atoms with Gasteiger partial charge in [0.25, 0.3) is 0 Å². The van der Waals surface area contributed by atoms with E-state index in [1.165, 1.54) is 14.2 Å². The molecule has 0 radical (unpaired) electrons. The number of methoxy groups -OCH3 is 2. The van der Waals surface area contributed by atoms with Gasteiger partial charge in [-0.2, -0.15) is 0 Å². The fraction of sp³-hybridized carbons (Fsp3) is 0.818. The van der Waals surface area contributed by atoms with Crippen molar-refractivity contribution in [3.05, 3.63) is 0 Å². The molecule has 0 saturated heterocycles. The van der Waals surface area contributed by atoms with Crippen LogP contribution in [0.5, 0.6) is 0 Å². The third-order valence-electron chi connectivity index (χ3n) is 7.26. The zero-order chi connectivity index (χ0) is 21.8. The summed E-state index contributed by atoms with van der Waals surface area (Å²) in [5, 5.41) is 5.94. The van der Waals surface area contributed by atoms with Crippen molar-refractivity contribution >= 4 is 23.8 Å². The van der Waals surface area contributed by atoms with Crippen LogP contribution in [-0.2, 0) is 28.7 Å². The van der Waals surface area contributed by atoms with Crippen molar-refractivity contribution in [2.45, 2.75) is 88.1 Å². The van der Waals surface area contributed by atoms with E-state index in [-0.39, 0.29) is 35.6 Å². The number of amides is 2. The fourth-order valence-corrected chi connectivity index (χ4v) is 5.40. The second-order valence-corrected chi connectivity index (χ2v) is 9.09. The summed E-state index contributed by atoms with van der Waals surface area (Å²) < 4.78 is 9.86. The average molecular weight is 423 g/mol. The number of carbonyl (C=O) groups excluding carboxylic acids is 4. The molecule has 3 saturated carbocycles. The minimum Gasteiger partial charge on any atom is -0.467 e. The zero-order valence-corrected chi connectivity index (χ0v) is 18.1. The smallest absolute Gasteiger partial charge is 0.331 e. The number of ether oxygens (including phenoxy) is 2. The Bertz CT molecular complexity index is 613. The first-order valence-corrected chi connectivity index (χ1v) is 11.2. The van der Waals surface area contributed by atoms with Crippen molar-refractivity contribution in [3.63, 3.8) is 0 Å². The Labute approximate surface area is 177 Å². The van der Waals surface area contributed by atoms with Crippen molar-refractivity contribution in [2.75, 3.05) is 14.2 Å². The first-order valence-electron chi connectivity index (χ1n) is 11.2. The Hall–Kier alpha value is -2.12. The van der Waals surface area contributed by atoms with Crippen LogP contribution in [0.25, 0.3) is 0 Å². The highest BCUT2D eigenvalue weighted by Crippen LogP contribution is 2.35. The molecule has 2 amide bonds. The van der Waals surface area contributed by atoms with Crippen LogP contribution in [0.15, 0.2) is 0 Å². The van der Waals surface area contributed by atoms with E-state index >= 15 is 0 Å².